The van der Waals surface area contributed by atoms with E-state index in [1.165, 1.54) is 7.11 Å². The Kier molecular flexibility index (Phi) is 3.58. The summed E-state index contributed by atoms with van der Waals surface area (Å²) >= 11 is 0. The van der Waals surface area contributed by atoms with Crippen LogP contribution >= 0.6 is 0 Å². The van der Waals surface area contributed by atoms with Gasteiger partial charge in [0.1, 0.15) is 5.75 Å². The van der Waals surface area contributed by atoms with Crippen LogP contribution in [0.25, 0.3) is 21.4 Å². The first-order valence-electron chi connectivity index (χ1n) is 7.65. The summed E-state index contributed by atoms with van der Waals surface area (Å²) < 4.78 is 44.8. The van der Waals surface area contributed by atoms with Gasteiger partial charge < -0.3 is 4.74 Å². The third kappa shape index (κ3) is 2.49. The molecule has 0 saturated carbocycles. The van der Waals surface area contributed by atoms with Crippen LogP contribution in [-0.4, -0.2) is 26.3 Å². The van der Waals surface area contributed by atoms with Gasteiger partial charge in [-0.1, -0.05) is 30.3 Å². The van der Waals surface area contributed by atoms with E-state index in [9.17, 15) is 12.8 Å². The molecule has 4 nitrogen and oxygen atoms in total. The molecular weight excluding hydrogens is 341 g/mol. The Balaban J connectivity index is 2.07. The summed E-state index contributed by atoms with van der Waals surface area (Å²) in [6.07, 6.45) is 1.06. The van der Waals surface area contributed by atoms with Gasteiger partial charge in [0, 0.05) is 10.9 Å². The Morgan fingerprint density at radius 1 is 1.12 bits per heavy atom. The summed E-state index contributed by atoms with van der Waals surface area (Å²) in [5, 5.41) is 0.422. The third-order valence-electron chi connectivity index (χ3n) is 4.30. The van der Waals surface area contributed by atoms with E-state index >= 15 is 0 Å². The molecule has 4 rings (SSSR count). The quantitative estimate of drug-likeness (QED) is 0.719. The van der Waals surface area contributed by atoms with Crippen LogP contribution in [0.3, 0.4) is 0 Å². The highest BCUT2D eigenvalue weighted by Crippen LogP contribution is 2.44. The van der Waals surface area contributed by atoms with Crippen LogP contribution in [0, 0.1) is 5.82 Å². The molecule has 1 aliphatic rings. The number of nitrogens with zero attached hydrogens (tertiary/aromatic N) is 1. The SMILES string of the molecule is COc1ccc2ncc(F)c(C3=C(c4ccccc4)CS3(=O)=O)c2c1. The number of hydrogen-bond acceptors (Lipinski definition) is 4. The zero-order valence-electron chi connectivity index (χ0n) is 13.4. The van der Waals surface area contributed by atoms with Crippen LogP contribution in [0.2, 0.25) is 0 Å². The van der Waals surface area contributed by atoms with Crippen molar-refractivity contribution < 1.29 is 17.5 Å². The predicted molar refractivity (Wildman–Crippen MR) is 95.3 cm³/mol. The highest BCUT2D eigenvalue weighted by molar-refractivity contribution is 8.03. The van der Waals surface area contributed by atoms with Gasteiger partial charge in [-0.3, -0.25) is 4.98 Å². The summed E-state index contributed by atoms with van der Waals surface area (Å²) in [7, 11) is -2.03. The number of sulfone groups is 1. The Morgan fingerprint density at radius 2 is 1.88 bits per heavy atom. The van der Waals surface area contributed by atoms with Gasteiger partial charge in [-0.05, 0) is 29.3 Å². The number of aromatic nitrogens is 1. The van der Waals surface area contributed by atoms with E-state index in [0.717, 1.165) is 11.8 Å². The second-order valence-corrected chi connectivity index (χ2v) is 7.72. The fraction of sp³-hybridized carbons (Fsp3) is 0.105. The van der Waals surface area contributed by atoms with Crippen molar-refractivity contribution in [1.82, 2.24) is 4.98 Å². The molecule has 0 spiro atoms. The minimum atomic E-state index is -3.54. The van der Waals surface area contributed by atoms with E-state index < -0.39 is 15.7 Å². The minimum absolute atomic E-state index is 0.0388. The molecule has 1 aromatic heterocycles. The van der Waals surface area contributed by atoms with Crippen molar-refractivity contribution in [2.75, 3.05) is 12.9 Å². The van der Waals surface area contributed by atoms with Crippen molar-refractivity contribution in [3.8, 4) is 5.75 Å². The van der Waals surface area contributed by atoms with E-state index in [2.05, 4.69) is 4.98 Å². The average molecular weight is 355 g/mol. The summed E-state index contributed by atoms with van der Waals surface area (Å²) in [5.74, 6) is -0.244. The molecule has 0 radical (unpaired) electrons. The van der Waals surface area contributed by atoms with Crippen molar-refractivity contribution >= 4 is 31.2 Å². The van der Waals surface area contributed by atoms with Gasteiger partial charge in [-0.25, -0.2) is 12.8 Å². The molecule has 6 heteroatoms. The molecule has 126 valence electrons. The van der Waals surface area contributed by atoms with Gasteiger partial charge in [0.25, 0.3) is 0 Å². The van der Waals surface area contributed by atoms with E-state index in [0.29, 0.717) is 22.2 Å². The van der Waals surface area contributed by atoms with Crippen LogP contribution in [0.1, 0.15) is 11.1 Å². The summed E-state index contributed by atoms with van der Waals surface area (Å²) in [6, 6.07) is 14.2. The van der Waals surface area contributed by atoms with Crippen LogP contribution < -0.4 is 4.74 Å². The normalized spacial score (nSPS) is 15.9. The molecule has 3 aromatic rings. The summed E-state index contributed by atoms with van der Waals surface area (Å²) in [4.78, 5) is 4.09. The maximum Gasteiger partial charge on any atom is 0.183 e. The maximum atomic E-state index is 14.7. The molecule has 2 aromatic carbocycles. The molecule has 0 bridgehead atoms. The number of fused-ring (bicyclic) bond motifs is 1. The smallest absolute Gasteiger partial charge is 0.183 e. The first-order valence-corrected chi connectivity index (χ1v) is 9.30. The van der Waals surface area contributed by atoms with Crippen molar-refractivity contribution in [3.63, 3.8) is 0 Å². The number of rotatable bonds is 3. The second-order valence-electron chi connectivity index (χ2n) is 5.80. The molecule has 0 N–H and O–H groups in total. The average Bonchev–Trinajstić information content (AvgIpc) is 2.62. The first kappa shape index (κ1) is 15.8. The standard InChI is InChI=1S/C19H14FNO3S/c1-24-13-7-8-17-14(9-13)18(16(20)10-21-17)19-15(11-25(19,22)23)12-5-3-2-4-6-12/h2-10H,11H2,1H3. The predicted octanol–water partition coefficient (Wildman–Crippen LogP) is 3.68. The lowest BCUT2D eigenvalue weighted by atomic mass is 10.0. The number of benzene rings is 2. The topological polar surface area (TPSA) is 56.3 Å². The van der Waals surface area contributed by atoms with Crippen molar-refractivity contribution in [3.05, 3.63) is 71.7 Å². The number of pyridine rings is 1. The monoisotopic (exact) mass is 355 g/mol. The van der Waals surface area contributed by atoms with E-state index in [1.807, 2.05) is 30.3 Å². The number of hydrogen-bond donors (Lipinski definition) is 0. The van der Waals surface area contributed by atoms with E-state index in [1.54, 1.807) is 18.2 Å². The van der Waals surface area contributed by atoms with Gasteiger partial charge >= 0.3 is 0 Å². The fourth-order valence-corrected chi connectivity index (χ4v) is 4.77. The molecule has 0 fully saturated rings. The molecule has 0 aliphatic carbocycles. The van der Waals surface area contributed by atoms with Crippen molar-refractivity contribution in [2.45, 2.75) is 0 Å². The second kappa shape index (κ2) is 5.67. The lowest BCUT2D eigenvalue weighted by Gasteiger charge is -2.26. The summed E-state index contributed by atoms with van der Waals surface area (Å²) in [5.41, 5.74) is 1.97. The van der Waals surface area contributed by atoms with Crippen LogP contribution in [0.5, 0.6) is 5.75 Å². The Bertz CT molecular complexity index is 1120. The molecule has 25 heavy (non-hydrogen) atoms. The number of halogens is 1. The molecular formula is C19H14FNO3S. The maximum absolute atomic E-state index is 14.7. The molecule has 0 unspecified atom stereocenters. The lowest BCUT2D eigenvalue weighted by molar-refractivity contribution is 0.415. The third-order valence-corrected chi connectivity index (χ3v) is 6.04. The van der Waals surface area contributed by atoms with E-state index in [-0.39, 0.29) is 16.2 Å². The molecule has 0 saturated heterocycles. The zero-order valence-corrected chi connectivity index (χ0v) is 14.2. The molecule has 0 atom stereocenters. The zero-order chi connectivity index (χ0) is 17.6. The molecule has 1 aliphatic heterocycles. The van der Waals surface area contributed by atoms with Gasteiger partial charge in [-0.15, -0.1) is 0 Å². The Morgan fingerprint density at radius 3 is 2.56 bits per heavy atom. The first-order chi connectivity index (χ1) is 12.0. The Hall–Kier alpha value is -2.73. The van der Waals surface area contributed by atoms with Crippen LogP contribution in [0.4, 0.5) is 4.39 Å². The number of methoxy groups -OCH3 is 1. The highest BCUT2D eigenvalue weighted by Gasteiger charge is 2.38. The van der Waals surface area contributed by atoms with Crippen LogP contribution in [-0.2, 0) is 9.84 Å². The van der Waals surface area contributed by atoms with Crippen LogP contribution in [0.15, 0.2) is 54.7 Å². The minimum Gasteiger partial charge on any atom is -0.497 e. The van der Waals surface area contributed by atoms with Gasteiger partial charge in [-0.2, -0.15) is 0 Å². The van der Waals surface area contributed by atoms with Gasteiger partial charge in [0.05, 0.1) is 29.5 Å². The van der Waals surface area contributed by atoms with Gasteiger partial charge in [0.15, 0.2) is 15.7 Å². The van der Waals surface area contributed by atoms with Crippen molar-refractivity contribution in [2.24, 2.45) is 0 Å². The number of ether oxygens (including phenoxy) is 1. The van der Waals surface area contributed by atoms with Crippen molar-refractivity contribution in [1.29, 1.82) is 0 Å². The molecule has 0 amide bonds. The Labute approximate surface area is 144 Å². The van der Waals surface area contributed by atoms with E-state index in [4.69, 9.17) is 4.74 Å². The summed E-state index contributed by atoms with van der Waals surface area (Å²) in [6.45, 7) is 0. The largest absolute Gasteiger partial charge is 0.497 e. The highest BCUT2D eigenvalue weighted by atomic mass is 32.2. The molecule has 2 heterocycles. The fourth-order valence-electron chi connectivity index (χ4n) is 3.10. The van der Waals surface area contributed by atoms with Gasteiger partial charge in [0.2, 0.25) is 0 Å². The lowest BCUT2D eigenvalue weighted by Crippen LogP contribution is -2.23.